The highest BCUT2D eigenvalue weighted by Gasteiger charge is 2.27. The van der Waals surface area contributed by atoms with E-state index in [0.717, 1.165) is 18.7 Å². The molecule has 1 aromatic rings. The molecule has 1 fully saturated rings. The molecule has 2 rings (SSSR count). The summed E-state index contributed by atoms with van der Waals surface area (Å²) in [4.78, 5) is 16.2. The molecule has 6 nitrogen and oxygen atoms in total. The SMILES string of the molecule is CS[C@@H]1CCC[C@@H]1NC(=O)NCCCc1nc(C(C)C)no1. The fourth-order valence-corrected chi connectivity index (χ4v) is 3.57. The normalized spacial score (nSPS) is 21.3. The van der Waals surface area contributed by atoms with Crippen molar-refractivity contribution in [3.8, 4) is 0 Å². The Balaban J connectivity index is 1.62. The zero-order chi connectivity index (χ0) is 15.9. The van der Waals surface area contributed by atoms with E-state index in [4.69, 9.17) is 4.52 Å². The van der Waals surface area contributed by atoms with Crippen molar-refractivity contribution in [1.29, 1.82) is 0 Å². The van der Waals surface area contributed by atoms with Crippen LogP contribution < -0.4 is 10.6 Å². The van der Waals surface area contributed by atoms with Crippen LogP contribution in [0.4, 0.5) is 4.79 Å². The molecule has 2 atom stereocenters. The maximum atomic E-state index is 11.9. The van der Waals surface area contributed by atoms with E-state index in [9.17, 15) is 4.79 Å². The lowest BCUT2D eigenvalue weighted by Crippen LogP contribution is -2.44. The summed E-state index contributed by atoms with van der Waals surface area (Å²) in [6.07, 6.45) is 7.07. The molecule has 0 spiro atoms. The van der Waals surface area contributed by atoms with Crippen LogP contribution in [0, 0.1) is 0 Å². The van der Waals surface area contributed by atoms with E-state index < -0.39 is 0 Å². The highest BCUT2D eigenvalue weighted by molar-refractivity contribution is 7.99. The Hall–Kier alpha value is -1.24. The molecule has 0 saturated heterocycles. The highest BCUT2D eigenvalue weighted by Crippen LogP contribution is 2.28. The molecule has 1 aliphatic rings. The summed E-state index contributed by atoms with van der Waals surface area (Å²) < 4.78 is 5.18. The molecule has 7 heteroatoms. The molecular formula is C15H26N4O2S. The predicted octanol–water partition coefficient (Wildman–Crippen LogP) is 2.71. The summed E-state index contributed by atoms with van der Waals surface area (Å²) in [5, 5.41) is 10.5. The summed E-state index contributed by atoms with van der Waals surface area (Å²) in [6.45, 7) is 4.68. The maximum absolute atomic E-state index is 11.9. The number of nitrogens with one attached hydrogen (secondary N) is 2. The maximum Gasteiger partial charge on any atom is 0.315 e. The second-order valence-corrected chi connectivity index (χ2v) is 7.09. The number of aromatic nitrogens is 2. The Morgan fingerprint density at radius 3 is 2.95 bits per heavy atom. The first kappa shape index (κ1) is 17.1. The van der Waals surface area contributed by atoms with Crippen molar-refractivity contribution in [3.05, 3.63) is 11.7 Å². The molecule has 0 unspecified atom stereocenters. The Labute approximate surface area is 136 Å². The van der Waals surface area contributed by atoms with Crippen LogP contribution in [-0.4, -0.2) is 40.3 Å². The van der Waals surface area contributed by atoms with Gasteiger partial charge in [0.05, 0.1) is 0 Å². The second kappa shape index (κ2) is 8.41. The number of amides is 2. The highest BCUT2D eigenvalue weighted by atomic mass is 32.2. The van der Waals surface area contributed by atoms with Crippen LogP contribution in [0.1, 0.15) is 57.2 Å². The second-order valence-electron chi connectivity index (χ2n) is 6.02. The fraction of sp³-hybridized carbons (Fsp3) is 0.800. The van der Waals surface area contributed by atoms with Gasteiger partial charge in [0, 0.05) is 30.2 Å². The van der Waals surface area contributed by atoms with E-state index in [-0.39, 0.29) is 11.9 Å². The van der Waals surface area contributed by atoms with Gasteiger partial charge in [-0.3, -0.25) is 0 Å². The van der Waals surface area contributed by atoms with Crippen molar-refractivity contribution >= 4 is 17.8 Å². The van der Waals surface area contributed by atoms with Gasteiger partial charge in [0.25, 0.3) is 0 Å². The molecule has 1 heterocycles. The Kier molecular flexibility index (Phi) is 6.54. The molecule has 0 aromatic carbocycles. The van der Waals surface area contributed by atoms with Gasteiger partial charge in [0.15, 0.2) is 5.82 Å². The summed E-state index contributed by atoms with van der Waals surface area (Å²) in [5.41, 5.74) is 0. The molecule has 1 saturated carbocycles. The molecule has 1 aliphatic carbocycles. The molecule has 2 amide bonds. The first-order valence-electron chi connectivity index (χ1n) is 7.99. The minimum Gasteiger partial charge on any atom is -0.339 e. The summed E-state index contributed by atoms with van der Waals surface area (Å²) in [7, 11) is 0. The molecule has 0 bridgehead atoms. The quantitative estimate of drug-likeness (QED) is 0.753. The third-order valence-corrected chi connectivity index (χ3v) is 5.09. The number of rotatable bonds is 7. The Morgan fingerprint density at radius 1 is 1.45 bits per heavy atom. The lowest BCUT2D eigenvalue weighted by Gasteiger charge is -2.19. The van der Waals surface area contributed by atoms with E-state index in [2.05, 4.69) is 27.0 Å². The first-order chi connectivity index (χ1) is 10.6. The fourth-order valence-electron chi connectivity index (χ4n) is 2.64. The average Bonchev–Trinajstić information content (AvgIpc) is 3.12. The van der Waals surface area contributed by atoms with E-state index in [1.807, 2.05) is 25.6 Å². The number of thioether (sulfide) groups is 1. The van der Waals surface area contributed by atoms with Crippen LogP contribution in [0.3, 0.4) is 0 Å². The van der Waals surface area contributed by atoms with E-state index >= 15 is 0 Å². The zero-order valence-electron chi connectivity index (χ0n) is 13.6. The molecule has 0 radical (unpaired) electrons. The number of hydrogen-bond acceptors (Lipinski definition) is 5. The van der Waals surface area contributed by atoms with Crippen LogP contribution in [0.15, 0.2) is 4.52 Å². The smallest absolute Gasteiger partial charge is 0.315 e. The van der Waals surface area contributed by atoms with Gasteiger partial charge < -0.3 is 15.2 Å². The molecular weight excluding hydrogens is 300 g/mol. The topological polar surface area (TPSA) is 80.0 Å². The first-order valence-corrected chi connectivity index (χ1v) is 9.28. The summed E-state index contributed by atoms with van der Waals surface area (Å²) in [6, 6.07) is 0.235. The standard InChI is InChI=1S/C15H26N4O2S/c1-10(2)14-18-13(21-19-14)8-5-9-16-15(20)17-11-6-4-7-12(11)22-3/h10-12H,4-9H2,1-3H3,(H2,16,17,20)/t11-,12+/m0/s1. The van der Waals surface area contributed by atoms with Crippen LogP contribution in [0.25, 0.3) is 0 Å². The summed E-state index contributed by atoms with van der Waals surface area (Å²) in [5.74, 6) is 1.66. The van der Waals surface area contributed by atoms with Gasteiger partial charge in [0.1, 0.15) is 0 Å². The zero-order valence-corrected chi connectivity index (χ0v) is 14.4. The monoisotopic (exact) mass is 326 g/mol. The van der Waals surface area contributed by atoms with Gasteiger partial charge in [-0.15, -0.1) is 0 Å². The molecule has 0 aliphatic heterocycles. The average molecular weight is 326 g/mol. The number of hydrogen-bond donors (Lipinski definition) is 2. The Bertz CT molecular complexity index is 478. The molecule has 22 heavy (non-hydrogen) atoms. The number of nitrogens with zero attached hydrogens (tertiary/aromatic N) is 2. The molecule has 124 valence electrons. The summed E-state index contributed by atoms with van der Waals surface area (Å²) >= 11 is 1.84. The molecule has 2 N–H and O–H groups in total. The number of carbonyl (C=O) groups excluding carboxylic acids is 1. The van der Waals surface area contributed by atoms with Gasteiger partial charge in [-0.25, -0.2) is 4.79 Å². The van der Waals surface area contributed by atoms with Gasteiger partial charge in [-0.2, -0.15) is 16.7 Å². The molecule has 1 aromatic heterocycles. The van der Waals surface area contributed by atoms with E-state index in [0.29, 0.717) is 30.1 Å². The van der Waals surface area contributed by atoms with Crippen molar-refractivity contribution in [2.24, 2.45) is 0 Å². The van der Waals surface area contributed by atoms with Crippen LogP contribution in [0.2, 0.25) is 0 Å². The van der Waals surface area contributed by atoms with Crippen LogP contribution in [-0.2, 0) is 6.42 Å². The third-order valence-electron chi connectivity index (χ3n) is 3.92. The van der Waals surface area contributed by atoms with Crippen LogP contribution in [0.5, 0.6) is 0 Å². The van der Waals surface area contributed by atoms with E-state index in [1.165, 1.54) is 12.8 Å². The van der Waals surface area contributed by atoms with Crippen molar-refractivity contribution in [1.82, 2.24) is 20.8 Å². The van der Waals surface area contributed by atoms with Gasteiger partial charge in [0.2, 0.25) is 5.89 Å². The van der Waals surface area contributed by atoms with Gasteiger partial charge in [-0.05, 0) is 25.5 Å². The number of carbonyl (C=O) groups is 1. The minimum atomic E-state index is -0.0700. The lowest BCUT2D eigenvalue weighted by molar-refractivity contribution is 0.237. The van der Waals surface area contributed by atoms with Crippen molar-refractivity contribution in [2.75, 3.05) is 12.8 Å². The van der Waals surface area contributed by atoms with Crippen molar-refractivity contribution in [3.63, 3.8) is 0 Å². The van der Waals surface area contributed by atoms with Gasteiger partial charge >= 0.3 is 6.03 Å². The number of aryl methyl sites for hydroxylation is 1. The largest absolute Gasteiger partial charge is 0.339 e. The minimum absolute atomic E-state index is 0.0700. The lowest BCUT2D eigenvalue weighted by atomic mass is 10.2. The Morgan fingerprint density at radius 2 is 2.27 bits per heavy atom. The van der Waals surface area contributed by atoms with Crippen molar-refractivity contribution < 1.29 is 9.32 Å². The van der Waals surface area contributed by atoms with Crippen LogP contribution >= 0.6 is 11.8 Å². The van der Waals surface area contributed by atoms with Crippen molar-refractivity contribution in [2.45, 2.75) is 63.2 Å². The third kappa shape index (κ3) is 4.90. The van der Waals surface area contributed by atoms with Gasteiger partial charge in [-0.1, -0.05) is 25.4 Å². The number of urea groups is 1. The predicted molar refractivity (Wildman–Crippen MR) is 88.2 cm³/mol. The van der Waals surface area contributed by atoms with E-state index in [1.54, 1.807) is 0 Å².